The average molecular weight is 585 g/mol. The fourth-order valence-corrected chi connectivity index (χ4v) is 5.16. The summed E-state index contributed by atoms with van der Waals surface area (Å²) in [5, 5.41) is 0. The minimum absolute atomic E-state index is 0.0181. The largest absolute Gasteiger partial charge is 0.496 e. The number of benzene rings is 3. The van der Waals surface area contributed by atoms with Crippen molar-refractivity contribution in [2.24, 2.45) is 0 Å². The Labute approximate surface area is 244 Å². The highest BCUT2D eigenvalue weighted by molar-refractivity contribution is 9.10. The lowest BCUT2D eigenvalue weighted by Crippen LogP contribution is -2.16. The third-order valence-corrected chi connectivity index (χ3v) is 7.72. The minimum atomic E-state index is 0.0181. The van der Waals surface area contributed by atoms with E-state index in [1.165, 1.54) is 22.3 Å². The van der Waals surface area contributed by atoms with Crippen LogP contribution < -0.4 is 4.74 Å². The molecule has 0 saturated heterocycles. The number of aromatic nitrogens is 1. The summed E-state index contributed by atoms with van der Waals surface area (Å²) in [6.07, 6.45) is 0. The number of hydrogen-bond acceptors (Lipinski definition) is 2. The normalized spacial score (nSPS) is 12.5. The van der Waals surface area contributed by atoms with Crippen molar-refractivity contribution in [2.45, 2.75) is 78.6 Å². The SMILES string of the molecule is COc1ccccc1-c1cc(-c2cc(C(C)(C)C)cc(C(C)(C)C)c2)cc(-c2cc(Br)cc(C(C)(C)C)c2)n1. The first kappa shape index (κ1) is 29.1. The molecule has 0 radical (unpaired) electrons. The van der Waals surface area contributed by atoms with Gasteiger partial charge in [-0.25, -0.2) is 4.98 Å². The van der Waals surface area contributed by atoms with E-state index in [1.807, 2.05) is 18.2 Å². The summed E-state index contributed by atoms with van der Waals surface area (Å²) >= 11 is 3.77. The molecule has 0 N–H and O–H groups in total. The zero-order valence-electron chi connectivity index (χ0n) is 25.2. The van der Waals surface area contributed by atoms with Crippen LogP contribution in [0.1, 0.15) is 79.0 Å². The van der Waals surface area contributed by atoms with Gasteiger partial charge in [-0.15, -0.1) is 0 Å². The van der Waals surface area contributed by atoms with Gasteiger partial charge in [0, 0.05) is 15.6 Å². The molecule has 204 valence electrons. The Kier molecular flexibility index (Phi) is 7.89. The molecule has 0 amide bonds. The summed E-state index contributed by atoms with van der Waals surface area (Å²) in [5.41, 5.74) is 10.3. The smallest absolute Gasteiger partial charge is 0.128 e. The second-order valence-electron chi connectivity index (χ2n) is 13.6. The molecule has 3 aromatic carbocycles. The first-order chi connectivity index (χ1) is 18.1. The molecule has 0 fully saturated rings. The Morgan fingerprint density at radius 2 is 1.05 bits per heavy atom. The van der Waals surface area contributed by atoms with Crippen molar-refractivity contribution >= 4 is 15.9 Å². The maximum absolute atomic E-state index is 5.75. The first-order valence-corrected chi connectivity index (χ1v) is 14.5. The van der Waals surface area contributed by atoms with Crippen molar-refractivity contribution in [1.29, 1.82) is 0 Å². The number of para-hydroxylation sites is 1. The molecule has 0 atom stereocenters. The van der Waals surface area contributed by atoms with Crippen LogP contribution in [0.2, 0.25) is 0 Å². The van der Waals surface area contributed by atoms with E-state index in [2.05, 4.69) is 133 Å². The third-order valence-electron chi connectivity index (χ3n) is 7.27. The van der Waals surface area contributed by atoms with E-state index < -0.39 is 0 Å². The number of nitrogens with zero attached hydrogens (tertiary/aromatic N) is 1. The lowest BCUT2D eigenvalue weighted by Gasteiger charge is -2.26. The third kappa shape index (κ3) is 6.64. The van der Waals surface area contributed by atoms with E-state index >= 15 is 0 Å². The lowest BCUT2D eigenvalue weighted by atomic mass is 9.79. The Balaban J connectivity index is 2.05. The molecule has 0 aliphatic carbocycles. The Hall–Kier alpha value is -2.91. The fourth-order valence-electron chi connectivity index (χ4n) is 4.67. The van der Waals surface area contributed by atoms with Crippen LogP contribution in [0.15, 0.2) is 77.3 Å². The highest BCUT2D eigenvalue weighted by atomic mass is 79.9. The molecule has 3 heteroatoms. The molecule has 0 spiro atoms. The number of pyridine rings is 1. The zero-order chi connectivity index (χ0) is 28.8. The van der Waals surface area contributed by atoms with Crippen LogP contribution >= 0.6 is 15.9 Å². The van der Waals surface area contributed by atoms with Crippen LogP contribution in [0.3, 0.4) is 0 Å². The van der Waals surface area contributed by atoms with E-state index in [0.717, 1.165) is 38.3 Å². The van der Waals surface area contributed by atoms with Crippen molar-refractivity contribution in [2.75, 3.05) is 7.11 Å². The molecule has 0 aliphatic heterocycles. The second-order valence-corrected chi connectivity index (χ2v) is 14.5. The zero-order valence-corrected chi connectivity index (χ0v) is 26.7. The Bertz CT molecular complexity index is 1460. The van der Waals surface area contributed by atoms with Gasteiger partial charge in [-0.3, -0.25) is 0 Å². The standard InChI is InChI=1S/C36H42BrNO/c1-34(2,3)26-15-23(16-27(21-26)35(4,5)6)24-19-31(25-17-28(36(7,8)9)22-29(37)18-25)38-32(20-24)30-13-11-12-14-33(30)39-10/h11-22H,1-10H3. The van der Waals surface area contributed by atoms with Crippen molar-refractivity contribution in [3.8, 4) is 39.4 Å². The fraction of sp³-hybridized carbons (Fsp3) is 0.361. The maximum Gasteiger partial charge on any atom is 0.128 e. The summed E-state index contributed by atoms with van der Waals surface area (Å²) in [7, 11) is 1.72. The molecule has 1 heterocycles. The van der Waals surface area contributed by atoms with Gasteiger partial charge < -0.3 is 4.74 Å². The summed E-state index contributed by atoms with van der Waals surface area (Å²) < 4.78 is 6.81. The Morgan fingerprint density at radius 1 is 0.564 bits per heavy atom. The topological polar surface area (TPSA) is 22.1 Å². The molecule has 4 aromatic rings. The second kappa shape index (κ2) is 10.6. The molecule has 0 aliphatic rings. The molecule has 0 saturated carbocycles. The van der Waals surface area contributed by atoms with Gasteiger partial charge in [0.2, 0.25) is 0 Å². The van der Waals surface area contributed by atoms with Crippen molar-refractivity contribution in [3.63, 3.8) is 0 Å². The number of hydrogen-bond donors (Lipinski definition) is 0. The molecule has 1 aromatic heterocycles. The maximum atomic E-state index is 5.75. The summed E-state index contributed by atoms with van der Waals surface area (Å²) in [6, 6.07) is 26.3. The van der Waals surface area contributed by atoms with Crippen molar-refractivity contribution in [1.82, 2.24) is 4.98 Å². The molecular formula is C36H42BrNO. The van der Waals surface area contributed by atoms with Gasteiger partial charge in [0.15, 0.2) is 0 Å². The molecule has 0 unspecified atom stereocenters. The summed E-state index contributed by atoms with van der Waals surface area (Å²) in [6.45, 7) is 20.4. The molecule has 4 rings (SSSR count). The Morgan fingerprint density at radius 3 is 1.62 bits per heavy atom. The molecule has 2 nitrogen and oxygen atoms in total. The highest BCUT2D eigenvalue weighted by Crippen LogP contribution is 2.39. The van der Waals surface area contributed by atoms with Crippen molar-refractivity contribution < 1.29 is 4.74 Å². The van der Waals surface area contributed by atoms with Crippen LogP contribution in [0.25, 0.3) is 33.6 Å². The summed E-state index contributed by atoms with van der Waals surface area (Å²) in [5.74, 6) is 0.816. The van der Waals surface area contributed by atoms with Gasteiger partial charge in [0.05, 0.1) is 18.5 Å². The predicted octanol–water partition coefficient (Wildman–Crippen LogP) is 10.7. The van der Waals surface area contributed by atoms with E-state index in [4.69, 9.17) is 9.72 Å². The predicted molar refractivity (Wildman–Crippen MR) is 171 cm³/mol. The van der Waals surface area contributed by atoms with E-state index in [9.17, 15) is 0 Å². The van der Waals surface area contributed by atoms with E-state index in [-0.39, 0.29) is 16.2 Å². The minimum Gasteiger partial charge on any atom is -0.496 e. The van der Waals surface area contributed by atoms with Crippen LogP contribution in [0, 0.1) is 0 Å². The van der Waals surface area contributed by atoms with Gasteiger partial charge >= 0.3 is 0 Å². The van der Waals surface area contributed by atoms with Gasteiger partial charge in [-0.05, 0) is 86.5 Å². The monoisotopic (exact) mass is 583 g/mol. The van der Waals surface area contributed by atoms with Gasteiger partial charge in [0.1, 0.15) is 5.75 Å². The summed E-state index contributed by atoms with van der Waals surface area (Å²) in [4.78, 5) is 5.21. The van der Waals surface area contributed by atoms with Crippen LogP contribution in [0.4, 0.5) is 0 Å². The van der Waals surface area contributed by atoms with Gasteiger partial charge in [0.25, 0.3) is 0 Å². The number of rotatable bonds is 4. The van der Waals surface area contributed by atoms with Gasteiger partial charge in [-0.2, -0.15) is 0 Å². The molecule has 0 bridgehead atoms. The average Bonchev–Trinajstić information content (AvgIpc) is 2.86. The first-order valence-electron chi connectivity index (χ1n) is 13.7. The van der Waals surface area contributed by atoms with E-state index in [1.54, 1.807) is 7.11 Å². The van der Waals surface area contributed by atoms with Crippen LogP contribution in [-0.2, 0) is 16.2 Å². The highest BCUT2D eigenvalue weighted by Gasteiger charge is 2.22. The quantitative estimate of drug-likeness (QED) is 0.238. The number of methoxy groups -OCH3 is 1. The molecular weight excluding hydrogens is 542 g/mol. The van der Waals surface area contributed by atoms with Crippen LogP contribution in [0.5, 0.6) is 5.75 Å². The number of ether oxygens (including phenoxy) is 1. The molecule has 39 heavy (non-hydrogen) atoms. The lowest BCUT2D eigenvalue weighted by molar-refractivity contribution is 0.416. The number of halogens is 1. The van der Waals surface area contributed by atoms with E-state index in [0.29, 0.717) is 0 Å². The van der Waals surface area contributed by atoms with Crippen LogP contribution in [-0.4, -0.2) is 12.1 Å². The van der Waals surface area contributed by atoms with Crippen molar-refractivity contribution in [3.05, 3.63) is 94.0 Å². The van der Waals surface area contributed by atoms with Gasteiger partial charge in [-0.1, -0.05) is 109 Å².